The minimum Gasteiger partial charge on any atom is -0.309 e. The highest BCUT2D eigenvalue weighted by molar-refractivity contribution is 7.13. The van der Waals surface area contributed by atoms with Gasteiger partial charge in [0.2, 0.25) is 5.91 Å². The van der Waals surface area contributed by atoms with E-state index >= 15 is 0 Å². The molecule has 5 heterocycles. The summed E-state index contributed by atoms with van der Waals surface area (Å²) in [6.45, 7) is 1.99. The number of rotatable bonds is 4. The zero-order chi connectivity index (χ0) is 21.7. The molecule has 4 aromatic heterocycles. The van der Waals surface area contributed by atoms with E-state index in [4.69, 9.17) is 4.98 Å². The van der Waals surface area contributed by atoms with E-state index in [0.29, 0.717) is 29.6 Å². The lowest BCUT2D eigenvalue weighted by Gasteiger charge is -2.39. The number of anilines is 3. The van der Waals surface area contributed by atoms with E-state index in [0.717, 1.165) is 16.3 Å². The maximum atomic E-state index is 13.1. The van der Waals surface area contributed by atoms with Gasteiger partial charge >= 0.3 is 0 Å². The van der Waals surface area contributed by atoms with E-state index in [1.165, 1.54) is 11.3 Å². The molecule has 0 aromatic carbocycles. The average molecular weight is 436 g/mol. The third kappa shape index (κ3) is 3.08. The van der Waals surface area contributed by atoms with Crippen LogP contribution in [0.5, 0.6) is 0 Å². The van der Waals surface area contributed by atoms with Crippen molar-refractivity contribution in [3.8, 4) is 22.1 Å². The molecule has 0 saturated heterocycles. The number of hydrogen-bond donors (Lipinski definition) is 0. The zero-order valence-electron chi connectivity index (χ0n) is 17.6. The number of likely N-dealkylation sites (N-methyl/N-ethyl adjacent to an activating group) is 1. The lowest BCUT2D eigenvalue weighted by atomic mass is 10.1. The van der Waals surface area contributed by atoms with Crippen molar-refractivity contribution in [3.05, 3.63) is 36.2 Å². The third-order valence-corrected chi connectivity index (χ3v) is 6.08. The van der Waals surface area contributed by atoms with Crippen molar-refractivity contribution < 1.29 is 4.79 Å². The van der Waals surface area contributed by atoms with Crippen molar-refractivity contribution in [1.82, 2.24) is 34.5 Å². The summed E-state index contributed by atoms with van der Waals surface area (Å²) in [7, 11) is 5.47. The first-order valence-corrected chi connectivity index (χ1v) is 10.7. The lowest BCUT2D eigenvalue weighted by molar-refractivity contribution is -0.119. The first-order valence-electron chi connectivity index (χ1n) is 9.85. The Bertz CT molecular complexity index is 1260. The fourth-order valence-corrected chi connectivity index (χ4v) is 4.45. The molecule has 11 heteroatoms. The maximum Gasteiger partial charge on any atom is 0.250 e. The van der Waals surface area contributed by atoms with Gasteiger partial charge < -0.3 is 4.90 Å². The largest absolute Gasteiger partial charge is 0.309 e. The molecular weight excluding hydrogens is 414 g/mol. The minimum atomic E-state index is -0.400. The van der Waals surface area contributed by atoms with Crippen LogP contribution < -0.4 is 9.80 Å². The highest BCUT2D eigenvalue weighted by atomic mass is 32.1. The molecule has 5 rings (SSSR count). The van der Waals surface area contributed by atoms with E-state index in [-0.39, 0.29) is 5.91 Å². The molecule has 10 nitrogen and oxygen atoms in total. The van der Waals surface area contributed by atoms with Gasteiger partial charge in [0.1, 0.15) is 22.4 Å². The predicted molar refractivity (Wildman–Crippen MR) is 118 cm³/mol. The fraction of sp³-hybridized carbons (Fsp3) is 0.300. The summed E-state index contributed by atoms with van der Waals surface area (Å²) in [5.74, 6) is 1.83. The van der Waals surface area contributed by atoms with Crippen LogP contribution in [-0.4, -0.2) is 53.5 Å². The molecule has 158 valence electrons. The highest BCUT2D eigenvalue weighted by Gasteiger charge is 2.39. The summed E-state index contributed by atoms with van der Waals surface area (Å²) in [6, 6.07) is 1.49. The molecule has 4 aromatic rings. The number of nitrogens with zero attached hydrogens (tertiary/aromatic N) is 9. The summed E-state index contributed by atoms with van der Waals surface area (Å²) >= 11 is 1.51. The number of fused-ring (bicyclic) bond motifs is 1. The predicted octanol–water partition coefficient (Wildman–Crippen LogP) is 2.63. The summed E-state index contributed by atoms with van der Waals surface area (Å²) in [5, 5.41) is 11.8. The van der Waals surface area contributed by atoms with Crippen molar-refractivity contribution in [2.24, 2.45) is 14.1 Å². The molecule has 0 bridgehead atoms. The number of hydrogen-bond acceptors (Lipinski definition) is 8. The Morgan fingerprint density at radius 3 is 2.65 bits per heavy atom. The minimum absolute atomic E-state index is 0.0122. The van der Waals surface area contributed by atoms with Gasteiger partial charge in [-0.3, -0.25) is 19.1 Å². The molecule has 1 aliphatic rings. The Morgan fingerprint density at radius 1 is 1.13 bits per heavy atom. The first-order chi connectivity index (χ1) is 15.0. The smallest absolute Gasteiger partial charge is 0.250 e. The van der Waals surface area contributed by atoms with E-state index in [9.17, 15) is 4.79 Å². The third-order valence-electron chi connectivity index (χ3n) is 5.30. The van der Waals surface area contributed by atoms with Crippen LogP contribution >= 0.6 is 11.3 Å². The molecule has 1 amide bonds. The lowest BCUT2D eigenvalue weighted by Crippen LogP contribution is -2.50. The van der Waals surface area contributed by atoms with Gasteiger partial charge in [-0.15, -0.1) is 11.3 Å². The van der Waals surface area contributed by atoms with Crippen LogP contribution in [0.1, 0.15) is 13.3 Å². The SMILES string of the molecule is CCC1C(=O)N(C)c2cnc(-c3cn(C)nc3-c3nccs3)nc2N1c1ccn(C)n1. The quantitative estimate of drug-likeness (QED) is 0.486. The van der Waals surface area contributed by atoms with Crippen LogP contribution in [0.3, 0.4) is 0 Å². The molecular formula is C20H21N9OS. The second-order valence-electron chi connectivity index (χ2n) is 7.34. The molecule has 1 aliphatic heterocycles. The molecule has 1 atom stereocenters. The molecule has 0 saturated carbocycles. The van der Waals surface area contributed by atoms with Gasteiger partial charge in [0.15, 0.2) is 17.5 Å². The van der Waals surface area contributed by atoms with E-state index < -0.39 is 6.04 Å². The Balaban J connectivity index is 1.70. The van der Waals surface area contributed by atoms with E-state index in [1.807, 2.05) is 49.8 Å². The summed E-state index contributed by atoms with van der Waals surface area (Å²) < 4.78 is 3.45. The van der Waals surface area contributed by atoms with Crippen molar-refractivity contribution in [1.29, 1.82) is 0 Å². The summed E-state index contributed by atoms with van der Waals surface area (Å²) in [6.07, 6.45) is 7.81. The van der Waals surface area contributed by atoms with Crippen LogP contribution in [0.15, 0.2) is 36.2 Å². The van der Waals surface area contributed by atoms with Crippen molar-refractivity contribution in [2.45, 2.75) is 19.4 Å². The van der Waals surface area contributed by atoms with Crippen molar-refractivity contribution in [2.75, 3.05) is 16.8 Å². The van der Waals surface area contributed by atoms with Crippen LogP contribution in [0.4, 0.5) is 17.3 Å². The van der Waals surface area contributed by atoms with Gasteiger partial charge in [-0.1, -0.05) is 6.92 Å². The van der Waals surface area contributed by atoms with Crippen LogP contribution in [0.25, 0.3) is 22.1 Å². The first kappa shape index (κ1) is 19.4. The Hall–Kier alpha value is -3.60. The number of carbonyl (C=O) groups excluding carboxylic acids is 1. The number of aryl methyl sites for hydroxylation is 2. The normalized spacial score (nSPS) is 16.1. The molecule has 0 radical (unpaired) electrons. The van der Waals surface area contributed by atoms with Crippen molar-refractivity contribution in [3.63, 3.8) is 0 Å². The number of carbonyl (C=O) groups is 1. The van der Waals surface area contributed by atoms with Crippen LogP contribution in [0, 0.1) is 0 Å². The second kappa shape index (κ2) is 7.27. The number of thiazole rings is 1. The molecule has 31 heavy (non-hydrogen) atoms. The second-order valence-corrected chi connectivity index (χ2v) is 8.24. The van der Waals surface area contributed by atoms with Crippen LogP contribution in [-0.2, 0) is 18.9 Å². The van der Waals surface area contributed by atoms with Crippen LogP contribution in [0.2, 0.25) is 0 Å². The van der Waals surface area contributed by atoms with Gasteiger partial charge in [0.05, 0.1) is 11.8 Å². The highest BCUT2D eigenvalue weighted by Crippen LogP contribution is 2.40. The zero-order valence-corrected chi connectivity index (χ0v) is 18.4. The topological polar surface area (TPSA) is 97.9 Å². The molecule has 1 unspecified atom stereocenters. The summed E-state index contributed by atoms with van der Waals surface area (Å²) in [4.78, 5) is 30.5. The average Bonchev–Trinajstić information content (AvgIpc) is 3.51. The van der Waals surface area contributed by atoms with E-state index in [2.05, 4.69) is 20.2 Å². The van der Waals surface area contributed by atoms with Gasteiger partial charge in [-0.25, -0.2) is 15.0 Å². The van der Waals surface area contributed by atoms with Gasteiger partial charge in [-0.2, -0.15) is 10.2 Å². The number of amides is 1. The Morgan fingerprint density at radius 2 is 1.97 bits per heavy atom. The standard InChI is InChI=1S/C20H21N9OS/c1-5-13-20(30)28(4)14-10-22-17(23-18(14)29(13)15-6-8-26(2)24-15)12-11-27(3)25-16(12)19-21-7-9-31-19/h6-11,13H,5H2,1-4H3. The molecule has 0 aliphatic carbocycles. The van der Waals surface area contributed by atoms with E-state index in [1.54, 1.807) is 33.7 Å². The van der Waals surface area contributed by atoms with Gasteiger partial charge in [0.25, 0.3) is 0 Å². The summed E-state index contributed by atoms with van der Waals surface area (Å²) in [5.41, 5.74) is 2.16. The van der Waals surface area contributed by atoms with Gasteiger partial charge in [-0.05, 0) is 6.42 Å². The molecule has 0 fully saturated rings. The Labute approximate surface area is 182 Å². The number of aromatic nitrogens is 7. The molecule has 0 N–H and O–H groups in total. The maximum absolute atomic E-state index is 13.1. The van der Waals surface area contributed by atoms with Crippen molar-refractivity contribution >= 4 is 34.6 Å². The Kier molecular flexibility index (Phi) is 4.54. The molecule has 0 spiro atoms. The fourth-order valence-electron chi connectivity index (χ4n) is 3.82. The monoisotopic (exact) mass is 435 g/mol. The van der Waals surface area contributed by atoms with Gasteiger partial charge in [0, 0.05) is 51.2 Å².